The Kier molecular flexibility index (Phi) is 11.6. The van der Waals surface area contributed by atoms with Gasteiger partial charge in [-0.25, -0.2) is 0 Å². The fourth-order valence-corrected chi connectivity index (χ4v) is 2.77. The lowest BCUT2D eigenvalue weighted by Gasteiger charge is -2.36. The van der Waals surface area contributed by atoms with Crippen molar-refractivity contribution in [3.63, 3.8) is 0 Å². The van der Waals surface area contributed by atoms with Gasteiger partial charge in [-0.15, -0.1) is 0 Å². The zero-order chi connectivity index (χ0) is 14.6. The fourth-order valence-electron chi connectivity index (χ4n) is 2.77. The first-order valence-electron chi connectivity index (χ1n) is 7.86. The summed E-state index contributed by atoms with van der Waals surface area (Å²) in [5, 5.41) is 0. The van der Waals surface area contributed by atoms with Crippen molar-refractivity contribution in [2.75, 3.05) is 21.3 Å². The summed E-state index contributed by atoms with van der Waals surface area (Å²) in [5.74, 6) is -0.553. The van der Waals surface area contributed by atoms with Crippen molar-refractivity contribution in [2.45, 2.75) is 77.6 Å². The van der Waals surface area contributed by atoms with E-state index in [0.717, 1.165) is 19.3 Å². The van der Waals surface area contributed by atoms with Gasteiger partial charge in [0.05, 0.1) is 0 Å². The van der Waals surface area contributed by atoms with E-state index < -0.39 is 5.97 Å². The number of hydrogen-bond acceptors (Lipinski definition) is 3. The van der Waals surface area contributed by atoms with Crippen LogP contribution in [0.4, 0.5) is 0 Å². The van der Waals surface area contributed by atoms with Crippen LogP contribution in [0.3, 0.4) is 0 Å². The second kappa shape index (κ2) is 11.7. The summed E-state index contributed by atoms with van der Waals surface area (Å²) in [7, 11) is 4.99. The molecule has 0 aliphatic heterocycles. The normalized spacial score (nSPS) is 13.7. The summed E-state index contributed by atoms with van der Waals surface area (Å²) in [4.78, 5) is 0. The molecule has 0 aliphatic rings. The van der Waals surface area contributed by atoms with Gasteiger partial charge in [0.2, 0.25) is 0 Å². The molecule has 19 heavy (non-hydrogen) atoms. The molecule has 0 bridgehead atoms. The maximum atomic E-state index is 5.50. The number of hydrogen-bond donors (Lipinski definition) is 0. The molecule has 0 aromatic carbocycles. The summed E-state index contributed by atoms with van der Waals surface area (Å²) < 4.78 is 16.5. The van der Waals surface area contributed by atoms with Crippen molar-refractivity contribution in [2.24, 2.45) is 5.92 Å². The van der Waals surface area contributed by atoms with Crippen LogP contribution >= 0.6 is 0 Å². The van der Waals surface area contributed by atoms with Crippen molar-refractivity contribution >= 4 is 0 Å². The number of rotatable bonds is 13. The van der Waals surface area contributed by atoms with Gasteiger partial charge < -0.3 is 14.2 Å². The first kappa shape index (κ1) is 18.9. The number of unbranched alkanes of at least 4 members (excludes halogenated alkanes) is 5. The molecular weight excluding hydrogens is 240 g/mol. The molecule has 1 unspecified atom stereocenters. The molecule has 116 valence electrons. The molecule has 0 amide bonds. The van der Waals surface area contributed by atoms with Crippen LogP contribution in [0.5, 0.6) is 0 Å². The minimum absolute atomic E-state index is 0.309. The highest BCUT2D eigenvalue weighted by atomic mass is 16.9. The molecule has 0 saturated carbocycles. The lowest BCUT2D eigenvalue weighted by Crippen LogP contribution is -2.44. The molecule has 3 nitrogen and oxygen atoms in total. The molecule has 0 spiro atoms. The van der Waals surface area contributed by atoms with Crippen molar-refractivity contribution in [3.8, 4) is 0 Å². The van der Waals surface area contributed by atoms with Crippen LogP contribution in [-0.2, 0) is 14.2 Å². The molecule has 1 atom stereocenters. The Bertz CT molecular complexity index is 182. The topological polar surface area (TPSA) is 27.7 Å². The lowest BCUT2D eigenvalue weighted by atomic mass is 9.93. The average molecular weight is 274 g/mol. The maximum Gasteiger partial charge on any atom is 0.285 e. The van der Waals surface area contributed by atoms with Crippen LogP contribution in [0.2, 0.25) is 0 Å². The molecule has 0 rings (SSSR count). The summed E-state index contributed by atoms with van der Waals surface area (Å²) in [6.45, 7) is 4.45. The number of methoxy groups -OCH3 is 3. The average Bonchev–Trinajstić information content (AvgIpc) is 2.45. The van der Waals surface area contributed by atoms with Crippen LogP contribution < -0.4 is 0 Å². The van der Waals surface area contributed by atoms with Crippen molar-refractivity contribution in [3.05, 3.63) is 0 Å². The van der Waals surface area contributed by atoms with Gasteiger partial charge in [-0.2, -0.15) is 0 Å². The number of ether oxygens (including phenoxy) is 3. The Morgan fingerprint density at radius 2 is 1.21 bits per heavy atom. The first-order chi connectivity index (χ1) is 9.20. The van der Waals surface area contributed by atoms with Gasteiger partial charge in [0.1, 0.15) is 0 Å². The highest BCUT2D eigenvalue weighted by Crippen LogP contribution is 2.32. The molecule has 3 heteroatoms. The van der Waals surface area contributed by atoms with E-state index in [1.54, 1.807) is 21.3 Å². The van der Waals surface area contributed by atoms with Gasteiger partial charge in [0.15, 0.2) is 0 Å². The predicted octanol–water partition coefficient (Wildman–Crippen LogP) is 4.75. The minimum Gasteiger partial charge on any atom is -0.331 e. The molecule has 0 fully saturated rings. The Morgan fingerprint density at radius 1 is 0.684 bits per heavy atom. The fraction of sp³-hybridized carbons (Fsp3) is 1.00. The third-order valence-electron chi connectivity index (χ3n) is 3.90. The Hall–Kier alpha value is -0.120. The Labute approximate surface area is 120 Å². The summed E-state index contributed by atoms with van der Waals surface area (Å²) in [6.07, 6.45) is 11.2. The SMILES string of the molecule is CCCCCCCCC(CCC)C(OC)(OC)OC. The summed E-state index contributed by atoms with van der Waals surface area (Å²) >= 11 is 0. The highest BCUT2D eigenvalue weighted by Gasteiger charge is 2.38. The molecule has 0 radical (unpaired) electrons. The summed E-state index contributed by atoms with van der Waals surface area (Å²) in [5.41, 5.74) is 0. The molecule has 0 aromatic rings. The van der Waals surface area contributed by atoms with Gasteiger partial charge in [0.25, 0.3) is 5.97 Å². The van der Waals surface area contributed by atoms with Crippen molar-refractivity contribution < 1.29 is 14.2 Å². The third-order valence-corrected chi connectivity index (χ3v) is 3.90. The molecule has 0 saturated heterocycles. The first-order valence-corrected chi connectivity index (χ1v) is 7.86. The van der Waals surface area contributed by atoms with Gasteiger partial charge in [-0.05, 0) is 12.8 Å². The van der Waals surface area contributed by atoms with Crippen molar-refractivity contribution in [1.82, 2.24) is 0 Å². The zero-order valence-corrected chi connectivity index (χ0v) is 13.7. The van der Waals surface area contributed by atoms with E-state index in [4.69, 9.17) is 14.2 Å². The lowest BCUT2D eigenvalue weighted by molar-refractivity contribution is -0.380. The van der Waals surface area contributed by atoms with Crippen LogP contribution in [0, 0.1) is 5.92 Å². The minimum atomic E-state index is -0.862. The van der Waals surface area contributed by atoms with Crippen LogP contribution in [-0.4, -0.2) is 27.3 Å². The highest BCUT2D eigenvalue weighted by molar-refractivity contribution is 4.71. The van der Waals surface area contributed by atoms with Gasteiger partial charge in [0, 0.05) is 27.2 Å². The van der Waals surface area contributed by atoms with Crippen LogP contribution in [0.15, 0.2) is 0 Å². The second-order valence-electron chi connectivity index (χ2n) is 5.26. The van der Waals surface area contributed by atoms with Gasteiger partial charge in [-0.1, -0.05) is 58.8 Å². The van der Waals surface area contributed by atoms with E-state index in [-0.39, 0.29) is 0 Å². The monoisotopic (exact) mass is 274 g/mol. The van der Waals surface area contributed by atoms with E-state index in [2.05, 4.69) is 13.8 Å². The van der Waals surface area contributed by atoms with E-state index >= 15 is 0 Å². The quantitative estimate of drug-likeness (QED) is 0.358. The molecule has 0 heterocycles. The van der Waals surface area contributed by atoms with Gasteiger partial charge >= 0.3 is 0 Å². The van der Waals surface area contributed by atoms with E-state index in [1.165, 1.54) is 38.5 Å². The van der Waals surface area contributed by atoms with E-state index in [0.29, 0.717) is 5.92 Å². The molecular formula is C16H34O3. The zero-order valence-electron chi connectivity index (χ0n) is 13.7. The van der Waals surface area contributed by atoms with Gasteiger partial charge in [-0.3, -0.25) is 0 Å². The Morgan fingerprint density at radius 3 is 1.68 bits per heavy atom. The predicted molar refractivity (Wildman–Crippen MR) is 80.1 cm³/mol. The smallest absolute Gasteiger partial charge is 0.285 e. The van der Waals surface area contributed by atoms with Crippen LogP contribution in [0.25, 0.3) is 0 Å². The third kappa shape index (κ3) is 6.73. The van der Waals surface area contributed by atoms with Crippen LogP contribution in [0.1, 0.15) is 71.6 Å². The molecule has 0 aliphatic carbocycles. The standard InChI is InChI=1S/C16H34O3/c1-6-8-9-10-11-12-14-15(13-7-2)16(17-3,18-4)19-5/h15H,6-14H2,1-5H3. The summed E-state index contributed by atoms with van der Waals surface area (Å²) in [6, 6.07) is 0. The largest absolute Gasteiger partial charge is 0.331 e. The second-order valence-corrected chi connectivity index (χ2v) is 5.26. The van der Waals surface area contributed by atoms with Crippen molar-refractivity contribution in [1.29, 1.82) is 0 Å². The molecule has 0 aromatic heterocycles. The van der Waals surface area contributed by atoms with E-state index in [1.807, 2.05) is 0 Å². The molecule has 0 N–H and O–H groups in total. The van der Waals surface area contributed by atoms with E-state index in [9.17, 15) is 0 Å². The maximum absolute atomic E-state index is 5.50. The Balaban J connectivity index is 4.16.